The highest BCUT2D eigenvalue weighted by molar-refractivity contribution is 14.0. The van der Waals surface area contributed by atoms with Gasteiger partial charge in [0.15, 0.2) is 5.96 Å². The van der Waals surface area contributed by atoms with Crippen LogP contribution in [-0.4, -0.2) is 34.3 Å². The van der Waals surface area contributed by atoms with E-state index in [1.165, 1.54) is 4.88 Å². The third-order valence-corrected chi connectivity index (χ3v) is 4.15. The monoisotopic (exact) mass is 420 g/mol. The molecule has 0 aliphatic carbocycles. The van der Waals surface area contributed by atoms with Gasteiger partial charge in [-0.15, -0.1) is 35.3 Å². The minimum atomic E-state index is 0. The Labute approximate surface area is 146 Å². The highest BCUT2D eigenvalue weighted by Crippen LogP contribution is 2.19. The fourth-order valence-electron chi connectivity index (χ4n) is 1.79. The van der Waals surface area contributed by atoms with Crippen LogP contribution in [0, 0.1) is 0 Å². The van der Waals surface area contributed by atoms with Crippen molar-refractivity contribution in [2.45, 2.75) is 19.4 Å². The van der Waals surface area contributed by atoms with Gasteiger partial charge in [-0.2, -0.15) is 5.10 Å². The van der Waals surface area contributed by atoms with Crippen molar-refractivity contribution in [3.8, 4) is 0 Å². The molecule has 0 spiro atoms. The van der Waals surface area contributed by atoms with Gasteiger partial charge in [0.05, 0.1) is 6.54 Å². The Bertz CT molecular complexity index is 551. The molecule has 116 valence electrons. The minimum absolute atomic E-state index is 0. The maximum Gasteiger partial charge on any atom is 0.191 e. The van der Waals surface area contributed by atoms with E-state index in [1.807, 2.05) is 7.05 Å². The van der Waals surface area contributed by atoms with Crippen LogP contribution in [0.5, 0.6) is 0 Å². The lowest BCUT2D eigenvalue weighted by Gasteiger charge is -2.14. The van der Waals surface area contributed by atoms with E-state index in [1.54, 1.807) is 29.4 Å². The molecule has 1 unspecified atom stereocenters. The van der Waals surface area contributed by atoms with Crippen LogP contribution in [0.1, 0.15) is 23.5 Å². The number of hydrogen-bond donors (Lipinski definition) is 2. The fraction of sp³-hybridized carbons (Fsp3) is 0.462. The molecule has 0 bridgehead atoms. The summed E-state index contributed by atoms with van der Waals surface area (Å²) in [5.74, 6) is 2.11. The van der Waals surface area contributed by atoms with E-state index in [2.05, 4.69) is 50.1 Å². The number of aliphatic imine (C=N–C) groups is 1. The summed E-state index contributed by atoms with van der Waals surface area (Å²) in [5.41, 5.74) is 0. The Morgan fingerprint density at radius 1 is 1.48 bits per heavy atom. The first-order valence-corrected chi connectivity index (χ1v) is 7.39. The Kier molecular flexibility index (Phi) is 7.65. The maximum absolute atomic E-state index is 4.21. The second-order valence-corrected chi connectivity index (χ2v) is 5.50. The van der Waals surface area contributed by atoms with Crippen molar-refractivity contribution in [3.63, 3.8) is 0 Å². The number of nitrogens with zero attached hydrogens (tertiary/aromatic N) is 4. The molecule has 0 aliphatic rings. The molecule has 21 heavy (non-hydrogen) atoms. The summed E-state index contributed by atoms with van der Waals surface area (Å²) in [4.78, 5) is 9.75. The number of rotatable bonds is 5. The van der Waals surface area contributed by atoms with Crippen LogP contribution in [0.2, 0.25) is 0 Å². The number of halogens is 1. The molecule has 0 aliphatic heterocycles. The van der Waals surface area contributed by atoms with Crippen molar-refractivity contribution in [2.24, 2.45) is 12.0 Å². The Balaban J connectivity index is 0.00000220. The molecule has 2 aromatic heterocycles. The maximum atomic E-state index is 4.21. The van der Waals surface area contributed by atoms with E-state index >= 15 is 0 Å². The SMILES string of the molecule is CN=C(NCc1ncnn1C)NCC(C)c1cccs1.I. The van der Waals surface area contributed by atoms with Gasteiger partial charge in [0.1, 0.15) is 12.2 Å². The van der Waals surface area contributed by atoms with E-state index in [0.717, 1.165) is 18.3 Å². The Morgan fingerprint density at radius 2 is 2.29 bits per heavy atom. The van der Waals surface area contributed by atoms with Crippen molar-refractivity contribution in [3.05, 3.63) is 34.5 Å². The second-order valence-electron chi connectivity index (χ2n) is 4.52. The molecule has 2 rings (SSSR count). The average Bonchev–Trinajstić information content (AvgIpc) is 3.10. The van der Waals surface area contributed by atoms with Gasteiger partial charge in [-0.25, -0.2) is 4.98 Å². The predicted molar refractivity (Wildman–Crippen MR) is 97.4 cm³/mol. The van der Waals surface area contributed by atoms with Crippen LogP contribution >= 0.6 is 35.3 Å². The number of guanidine groups is 1. The van der Waals surface area contributed by atoms with Crippen molar-refractivity contribution >= 4 is 41.3 Å². The van der Waals surface area contributed by atoms with Crippen molar-refractivity contribution in [1.82, 2.24) is 25.4 Å². The summed E-state index contributed by atoms with van der Waals surface area (Å²) in [6, 6.07) is 4.24. The van der Waals surface area contributed by atoms with E-state index in [4.69, 9.17) is 0 Å². The first kappa shape index (κ1) is 17.9. The molecule has 2 aromatic rings. The summed E-state index contributed by atoms with van der Waals surface area (Å²) in [6.45, 7) is 3.65. The highest BCUT2D eigenvalue weighted by Gasteiger charge is 2.08. The molecule has 0 fully saturated rings. The molecule has 1 atom stereocenters. The third-order valence-electron chi connectivity index (χ3n) is 3.05. The minimum Gasteiger partial charge on any atom is -0.356 e. The van der Waals surface area contributed by atoms with Crippen LogP contribution in [0.3, 0.4) is 0 Å². The van der Waals surface area contributed by atoms with Gasteiger partial charge in [-0.05, 0) is 11.4 Å². The summed E-state index contributed by atoms with van der Waals surface area (Å²) >= 11 is 1.78. The zero-order valence-electron chi connectivity index (χ0n) is 12.4. The number of nitrogens with one attached hydrogen (secondary N) is 2. The number of thiophene rings is 1. The predicted octanol–water partition coefficient (Wildman–Crippen LogP) is 1.96. The third kappa shape index (κ3) is 5.27. The molecule has 2 heterocycles. The molecule has 8 heteroatoms. The molecule has 0 saturated heterocycles. The van der Waals surface area contributed by atoms with Gasteiger partial charge < -0.3 is 10.6 Å². The molecular formula is C13H21IN6S. The smallest absolute Gasteiger partial charge is 0.191 e. The number of aryl methyl sites for hydroxylation is 1. The largest absolute Gasteiger partial charge is 0.356 e. The van der Waals surface area contributed by atoms with Gasteiger partial charge in [0, 0.05) is 31.4 Å². The van der Waals surface area contributed by atoms with Crippen LogP contribution in [0.4, 0.5) is 0 Å². The van der Waals surface area contributed by atoms with E-state index < -0.39 is 0 Å². The van der Waals surface area contributed by atoms with Crippen LogP contribution in [0.25, 0.3) is 0 Å². The summed E-state index contributed by atoms with van der Waals surface area (Å²) in [5, 5.41) is 12.7. The molecule has 6 nitrogen and oxygen atoms in total. The molecule has 2 N–H and O–H groups in total. The fourth-order valence-corrected chi connectivity index (χ4v) is 2.57. The van der Waals surface area contributed by atoms with Gasteiger partial charge in [0.2, 0.25) is 0 Å². The summed E-state index contributed by atoms with van der Waals surface area (Å²) in [7, 11) is 3.64. The first-order chi connectivity index (χ1) is 9.70. The normalized spacial score (nSPS) is 12.6. The lowest BCUT2D eigenvalue weighted by Crippen LogP contribution is -2.39. The zero-order valence-corrected chi connectivity index (χ0v) is 15.6. The molecule has 0 saturated carbocycles. The average molecular weight is 420 g/mol. The lowest BCUT2D eigenvalue weighted by atomic mass is 10.1. The lowest BCUT2D eigenvalue weighted by molar-refractivity contribution is 0.663. The standard InChI is InChI=1S/C13H20N6S.HI/c1-10(11-5-4-6-20-11)7-15-13(14-2)16-8-12-17-9-18-19(12)3;/h4-6,9-10H,7-8H2,1-3H3,(H2,14,15,16);1H. The number of hydrogen-bond acceptors (Lipinski definition) is 4. The molecule has 0 amide bonds. The molecule has 0 aromatic carbocycles. The quantitative estimate of drug-likeness (QED) is 0.441. The van der Waals surface area contributed by atoms with Gasteiger partial charge in [-0.1, -0.05) is 13.0 Å². The second kappa shape index (κ2) is 8.98. The summed E-state index contributed by atoms with van der Waals surface area (Å²) < 4.78 is 1.74. The Morgan fingerprint density at radius 3 is 2.86 bits per heavy atom. The zero-order chi connectivity index (χ0) is 14.4. The van der Waals surface area contributed by atoms with Gasteiger partial charge in [0.25, 0.3) is 0 Å². The molecular weight excluding hydrogens is 399 g/mol. The van der Waals surface area contributed by atoms with Gasteiger partial charge in [-0.3, -0.25) is 9.67 Å². The van der Waals surface area contributed by atoms with Crippen molar-refractivity contribution < 1.29 is 0 Å². The van der Waals surface area contributed by atoms with Crippen LogP contribution < -0.4 is 10.6 Å². The van der Waals surface area contributed by atoms with E-state index in [9.17, 15) is 0 Å². The van der Waals surface area contributed by atoms with Crippen LogP contribution in [0.15, 0.2) is 28.8 Å². The van der Waals surface area contributed by atoms with Crippen LogP contribution in [-0.2, 0) is 13.6 Å². The topological polar surface area (TPSA) is 67.1 Å². The summed E-state index contributed by atoms with van der Waals surface area (Å²) in [6.07, 6.45) is 1.55. The van der Waals surface area contributed by atoms with Crippen molar-refractivity contribution in [2.75, 3.05) is 13.6 Å². The first-order valence-electron chi connectivity index (χ1n) is 6.51. The highest BCUT2D eigenvalue weighted by atomic mass is 127. The Hall–Kier alpha value is -1.16. The number of aromatic nitrogens is 3. The van der Waals surface area contributed by atoms with E-state index in [-0.39, 0.29) is 24.0 Å². The van der Waals surface area contributed by atoms with Crippen molar-refractivity contribution in [1.29, 1.82) is 0 Å². The molecule has 0 radical (unpaired) electrons. The van der Waals surface area contributed by atoms with Gasteiger partial charge >= 0.3 is 0 Å². The van der Waals surface area contributed by atoms with E-state index in [0.29, 0.717) is 12.5 Å².